The average Bonchev–Trinajstić information content (AvgIpc) is 3.65. The van der Waals surface area contributed by atoms with E-state index in [9.17, 15) is 0 Å². The Labute approximate surface area is 319 Å². The zero-order valence-corrected chi connectivity index (χ0v) is 29.8. The third-order valence-corrected chi connectivity index (χ3v) is 10.1. The molecule has 7 aromatic carbocycles. The first-order valence-electron chi connectivity index (χ1n) is 18.4. The molecular weight excluding hydrogens is 671 g/mol. The second-order valence-corrected chi connectivity index (χ2v) is 13.7. The summed E-state index contributed by atoms with van der Waals surface area (Å²) in [4.78, 5) is 15.3. The third-order valence-electron chi connectivity index (χ3n) is 10.1. The Kier molecular flexibility index (Phi) is 8.12. The van der Waals surface area contributed by atoms with E-state index in [4.69, 9.17) is 19.4 Å². The molecule has 0 aliphatic rings. The minimum atomic E-state index is 0.643. The summed E-state index contributed by atoms with van der Waals surface area (Å²) in [5, 5.41) is 2.20. The van der Waals surface area contributed by atoms with E-state index in [0.717, 1.165) is 94.7 Å². The molecule has 55 heavy (non-hydrogen) atoms. The van der Waals surface area contributed by atoms with Crippen molar-refractivity contribution in [2.24, 2.45) is 0 Å². The van der Waals surface area contributed by atoms with Crippen LogP contribution in [0.3, 0.4) is 0 Å². The lowest BCUT2D eigenvalue weighted by atomic mass is 9.93. The number of hydrogen-bond acceptors (Lipinski definition) is 4. The molecule has 258 valence electrons. The molecule has 10 aromatic rings. The molecule has 0 bridgehead atoms. The minimum absolute atomic E-state index is 0.643. The molecule has 0 aliphatic heterocycles. The van der Waals surface area contributed by atoms with Crippen molar-refractivity contribution in [3.05, 3.63) is 200 Å². The molecule has 0 saturated heterocycles. The van der Waals surface area contributed by atoms with Crippen molar-refractivity contribution >= 4 is 21.9 Å². The largest absolute Gasteiger partial charge is 0.456 e. The molecule has 0 atom stereocenters. The van der Waals surface area contributed by atoms with Crippen LogP contribution in [0, 0.1) is 0 Å². The van der Waals surface area contributed by atoms with E-state index in [2.05, 4.69) is 152 Å². The van der Waals surface area contributed by atoms with E-state index in [1.807, 2.05) is 48.7 Å². The monoisotopic (exact) mass is 703 g/mol. The highest BCUT2D eigenvalue weighted by Crippen LogP contribution is 2.38. The van der Waals surface area contributed by atoms with E-state index >= 15 is 0 Å². The molecule has 0 spiro atoms. The normalized spacial score (nSPS) is 11.3. The first-order valence-corrected chi connectivity index (χ1v) is 18.4. The van der Waals surface area contributed by atoms with Gasteiger partial charge in [-0.3, -0.25) is 4.98 Å². The van der Waals surface area contributed by atoms with Crippen LogP contribution in [0.1, 0.15) is 0 Å². The highest BCUT2D eigenvalue weighted by Gasteiger charge is 2.17. The molecule has 0 fully saturated rings. The number of rotatable bonds is 7. The van der Waals surface area contributed by atoms with Gasteiger partial charge in [-0.2, -0.15) is 0 Å². The Bertz CT molecular complexity index is 2900. The molecule has 10 rings (SSSR count). The minimum Gasteiger partial charge on any atom is -0.456 e. The van der Waals surface area contributed by atoms with Crippen LogP contribution in [-0.4, -0.2) is 15.0 Å². The number of hydrogen-bond donors (Lipinski definition) is 0. The second-order valence-electron chi connectivity index (χ2n) is 13.7. The summed E-state index contributed by atoms with van der Waals surface area (Å²) in [7, 11) is 0. The zero-order chi connectivity index (χ0) is 36.6. The van der Waals surface area contributed by atoms with Gasteiger partial charge in [0.25, 0.3) is 0 Å². The highest BCUT2D eigenvalue weighted by atomic mass is 16.3. The van der Waals surface area contributed by atoms with E-state index in [1.54, 1.807) is 0 Å². The summed E-state index contributed by atoms with van der Waals surface area (Å²) in [6, 6.07) is 67.4. The molecule has 4 heteroatoms. The van der Waals surface area contributed by atoms with Crippen molar-refractivity contribution in [2.45, 2.75) is 0 Å². The summed E-state index contributed by atoms with van der Waals surface area (Å²) in [6.45, 7) is 0. The number of pyridine rings is 1. The van der Waals surface area contributed by atoms with Crippen LogP contribution in [0.4, 0.5) is 0 Å². The van der Waals surface area contributed by atoms with Gasteiger partial charge in [-0.15, -0.1) is 0 Å². The first-order chi connectivity index (χ1) is 27.2. The van der Waals surface area contributed by atoms with Crippen molar-refractivity contribution < 1.29 is 4.42 Å². The van der Waals surface area contributed by atoms with Crippen molar-refractivity contribution in [1.29, 1.82) is 0 Å². The van der Waals surface area contributed by atoms with Crippen LogP contribution >= 0.6 is 0 Å². The predicted octanol–water partition coefficient (Wildman–Crippen LogP) is 13.4. The van der Waals surface area contributed by atoms with Crippen LogP contribution < -0.4 is 0 Å². The zero-order valence-electron chi connectivity index (χ0n) is 29.8. The van der Waals surface area contributed by atoms with Gasteiger partial charge in [0.2, 0.25) is 0 Å². The van der Waals surface area contributed by atoms with E-state index < -0.39 is 0 Å². The number of fused-ring (bicyclic) bond motifs is 3. The third kappa shape index (κ3) is 6.36. The molecule has 0 saturated carbocycles. The Hall–Kier alpha value is -7.43. The Morgan fingerprint density at radius 3 is 1.47 bits per heavy atom. The van der Waals surface area contributed by atoms with Gasteiger partial charge in [0.1, 0.15) is 11.2 Å². The number of furan rings is 1. The van der Waals surface area contributed by atoms with Gasteiger partial charge in [-0.05, 0) is 106 Å². The summed E-state index contributed by atoms with van der Waals surface area (Å²) < 4.78 is 6.19. The molecule has 0 radical (unpaired) electrons. The maximum absolute atomic E-state index is 6.19. The van der Waals surface area contributed by atoms with Crippen LogP contribution in [-0.2, 0) is 0 Å². The first kappa shape index (κ1) is 32.2. The SMILES string of the molecule is c1ccc(-c2cc(-c3ccc4oc5ccccc5c4c3)cc(-c3cc(-c4ccccc4)nc(-c4cc(-c5ccccc5)cc(-c5ccccn5)c4)n3)c2)cc1. The van der Waals surface area contributed by atoms with Gasteiger partial charge >= 0.3 is 0 Å². The van der Waals surface area contributed by atoms with Gasteiger partial charge in [-0.1, -0.05) is 121 Å². The quantitative estimate of drug-likeness (QED) is 0.166. The fourth-order valence-electron chi connectivity index (χ4n) is 7.36. The van der Waals surface area contributed by atoms with E-state index in [-0.39, 0.29) is 0 Å². The summed E-state index contributed by atoms with van der Waals surface area (Å²) in [5.74, 6) is 0.643. The lowest BCUT2D eigenvalue weighted by molar-refractivity contribution is 0.669. The maximum Gasteiger partial charge on any atom is 0.160 e. The van der Waals surface area contributed by atoms with E-state index in [1.165, 1.54) is 0 Å². The van der Waals surface area contributed by atoms with Gasteiger partial charge < -0.3 is 4.42 Å². The van der Waals surface area contributed by atoms with E-state index in [0.29, 0.717) is 5.82 Å². The smallest absolute Gasteiger partial charge is 0.160 e. The van der Waals surface area contributed by atoms with Crippen molar-refractivity contribution in [2.75, 3.05) is 0 Å². The van der Waals surface area contributed by atoms with Gasteiger partial charge in [0, 0.05) is 39.2 Å². The van der Waals surface area contributed by atoms with Gasteiger partial charge in [-0.25, -0.2) is 9.97 Å². The summed E-state index contributed by atoms with van der Waals surface area (Å²) in [5.41, 5.74) is 14.9. The van der Waals surface area contributed by atoms with Gasteiger partial charge in [0.15, 0.2) is 5.82 Å². The fraction of sp³-hybridized carbons (Fsp3) is 0. The van der Waals surface area contributed by atoms with Crippen molar-refractivity contribution in [3.8, 4) is 78.5 Å². The highest BCUT2D eigenvalue weighted by molar-refractivity contribution is 6.06. The average molecular weight is 704 g/mol. The molecule has 0 unspecified atom stereocenters. The number of benzene rings is 7. The van der Waals surface area contributed by atoms with Crippen molar-refractivity contribution in [3.63, 3.8) is 0 Å². The Balaban J connectivity index is 1.19. The Morgan fingerprint density at radius 1 is 0.291 bits per heavy atom. The van der Waals surface area contributed by atoms with Crippen LogP contribution in [0.2, 0.25) is 0 Å². The molecule has 4 nitrogen and oxygen atoms in total. The molecule has 0 N–H and O–H groups in total. The molecule has 0 aliphatic carbocycles. The Morgan fingerprint density at radius 2 is 0.800 bits per heavy atom. The molecular formula is C51H33N3O. The van der Waals surface area contributed by atoms with Crippen LogP contribution in [0.25, 0.3) is 100 Å². The lowest BCUT2D eigenvalue weighted by Gasteiger charge is -2.14. The van der Waals surface area contributed by atoms with Gasteiger partial charge in [0.05, 0.1) is 17.1 Å². The fourth-order valence-corrected chi connectivity index (χ4v) is 7.36. The molecule has 3 heterocycles. The number of nitrogens with zero attached hydrogens (tertiary/aromatic N) is 3. The summed E-state index contributed by atoms with van der Waals surface area (Å²) >= 11 is 0. The number of aromatic nitrogens is 3. The molecule has 3 aromatic heterocycles. The van der Waals surface area contributed by atoms with Crippen LogP contribution in [0.5, 0.6) is 0 Å². The van der Waals surface area contributed by atoms with Crippen LogP contribution in [0.15, 0.2) is 205 Å². The maximum atomic E-state index is 6.19. The summed E-state index contributed by atoms with van der Waals surface area (Å²) in [6.07, 6.45) is 1.83. The number of para-hydroxylation sites is 1. The standard InChI is InChI=1S/C51H33N3O/c1-4-14-34(15-5-1)38-26-40(37-23-24-50-45(32-37)44-20-10-11-22-49(44)55-50)29-42(28-38)48-33-47(36-18-8-3-9-19-36)53-51(54-48)43-30-39(35-16-6-2-7-17-35)27-41(31-43)46-21-12-13-25-52-46/h1-33H. The second kappa shape index (κ2) is 13.8. The van der Waals surface area contributed by atoms with Crippen molar-refractivity contribution in [1.82, 2.24) is 15.0 Å². The topological polar surface area (TPSA) is 51.8 Å². The predicted molar refractivity (Wildman–Crippen MR) is 225 cm³/mol. The molecule has 0 amide bonds. The lowest BCUT2D eigenvalue weighted by Crippen LogP contribution is -1.97.